The molecule has 0 heterocycles. The van der Waals surface area contributed by atoms with E-state index in [4.69, 9.17) is 0 Å². The third kappa shape index (κ3) is 2.71. The highest BCUT2D eigenvalue weighted by Gasteiger charge is 2.20. The Morgan fingerprint density at radius 3 is 2.50 bits per heavy atom. The molecule has 0 unspecified atom stereocenters. The van der Waals surface area contributed by atoms with Crippen LogP contribution in [0.1, 0.15) is 49.4 Å². The molecule has 1 fully saturated rings. The number of hydrogen-bond acceptors (Lipinski definition) is 2. The zero-order valence-electron chi connectivity index (χ0n) is 11.1. The first kappa shape index (κ1) is 13.1. The lowest BCUT2D eigenvalue weighted by molar-refractivity contribution is 0.101. The molecule has 0 spiro atoms. The highest BCUT2D eigenvalue weighted by atomic mass is 19.1. The third-order valence-electron chi connectivity index (χ3n) is 3.86. The second-order valence-corrected chi connectivity index (χ2v) is 5.13. The Morgan fingerprint density at radius 2 is 1.94 bits per heavy atom. The quantitative estimate of drug-likeness (QED) is 0.759. The molecule has 98 valence electrons. The average molecular weight is 249 g/mol. The van der Waals surface area contributed by atoms with E-state index in [0.29, 0.717) is 17.3 Å². The number of Topliss-reactive ketones (excluding diaryl/α,β-unsaturated/α-hetero) is 1. The summed E-state index contributed by atoms with van der Waals surface area (Å²) in [5.41, 5.74) is 1.04. The van der Waals surface area contributed by atoms with E-state index in [2.05, 4.69) is 0 Å². The Hall–Kier alpha value is -1.38. The molecule has 3 heteroatoms. The van der Waals surface area contributed by atoms with Gasteiger partial charge in [-0.2, -0.15) is 0 Å². The van der Waals surface area contributed by atoms with Crippen LogP contribution in [-0.4, -0.2) is 18.9 Å². The van der Waals surface area contributed by atoms with E-state index >= 15 is 0 Å². The van der Waals surface area contributed by atoms with Crippen molar-refractivity contribution < 1.29 is 9.18 Å². The van der Waals surface area contributed by atoms with Crippen molar-refractivity contribution in [2.45, 2.75) is 45.1 Å². The van der Waals surface area contributed by atoms with Gasteiger partial charge in [-0.15, -0.1) is 0 Å². The molecule has 1 aliphatic carbocycles. The molecule has 0 saturated heterocycles. The molecule has 2 rings (SSSR count). The van der Waals surface area contributed by atoms with E-state index < -0.39 is 0 Å². The number of carbonyl (C=O) groups is 1. The van der Waals surface area contributed by atoms with Crippen LogP contribution in [0.2, 0.25) is 0 Å². The summed E-state index contributed by atoms with van der Waals surface area (Å²) >= 11 is 0. The summed E-state index contributed by atoms with van der Waals surface area (Å²) in [6, 6.07) is 5.20. The lowest BCUT2D eigenvalue weighted by atomic mass is 9.94. The smallest absolute Gasteiger partial charge is 0.159 e. The first-order valence-corrected chi connectivity index (χ1v) is 6.63. The van der Waals surface area contributed by atoms with Crippen LogP contribution in [0.3, 0.4) is 0 Å². The van der Waals surface area contributed by atoms with Gasteiger partial charge < -0.3 is 4.90 Å². The van der Waals surface area contributed by atoms with E-state index in [9.17, 15) is 9.18 Å². The monoisotopic (exact) mass is 249 g/mol. The van der Waals surface area contributed by atoms with Gasteiger partial charge in [-0.25, -0.2) is 4.39 Å². The molecule has 0 N–H and O–H groups in total. The minimum atomic E-state index is -0.296. The van der Waals surface area contributed by atoms with Gasteiger partial charge in [0.1, 0.15) is 5.82 Å². The molecular formula is C15H20FNO. The number of anilines is 1. The Balaban J connectivity index is 2.19. The molecule has 1 aromatic rings. The lowest BCUT2D eigenvalue weighted by Gasteiger charge is -2.33. The Kier molecular flexibility index (Phi) is 4.00. The average Bonchev–Trinajstić information content (AvgIpc) is 2.38. The first-order valence-electron chi connectivity index (χ1n) is 6.63. The van der Waals surface area contributed by atoms with Crippen molar-refractivity contribution in [2.24, 2.45) is 0 Å². The van der Waals surface area contributed by atoms with E-state index in [-0.39, 0.29) is 11.6 Å². The van der Waals surface area contributed by atoms with Crippen molar-refractivity contribution >= 4 is 11.5 Å². The first-order chi connectivity index (χ1) is 8.59. The van der Waals surface area contributed by atoms with Crippen LogP contribution < -0.4 is 4.90 Å². The molecule has 0 amide bonds. The lowest BCUT2D eigenvalue weighted by Crippen LogP contribution is -2.33. The van der Waals surface area contributed by atoms with Crippen molar-refractivity contribution in [3.8, 4) is 0 Å². The summed E-state index contributed by atoms with van der Waals surface area (Å²) in [6.45, 7) is 1.46. The fraction of sp³-hybridized carbons (Fsp3) is 0.533. The highest BCUT2D eigenvalue weighted by Crippen LogP contribution is 2.28. The number of ketones is 1. The molecule has 0 atom stereocenters. The predicted molar refractivity (Wildman–Crippen MR) is 71.7 cm³/mol. The fourth-order valence-corrected chi connectivity index (χ4v) is 2.68. The second kappa shape index (κ2) is 5.51. The molecule has 2 nitrogen and oxygen atoms in total. The number of halogens is 1. The Morgan fingerprint density at radius 1 is 1.28 bits per heavy atom. The largest absolute Gasteiger partial charge is 0.369 e. The molecular weight excluding hydrogens is 229 g/mol. The van der Waals surface area contributed by atoms with Gasteiger partial charge in [-0.1, -0.05) is 19.3 Å². The molecule has 1 aliphatic rings. The maximum absolute atomic E-state index is 14.0. The van der Waals surface area contributed by atoms with Crippen molar-refractivity contribution in [1.82, 2.24) is 0 Å². The second-order valence-electron chi connectivity index (χ2n) is 5.13. The molecule has 0 aromatic heterocycles. The minimum absolute atomic E-state index is 0.0965. The fourth-order valence-electron chi connectivity index (χ4n) is 2.68. The summed E-state index contributed by atoms with van der Waals surface area (Å²) in [5, 5.41) is 0. The van der Waals surface area contributed by atoms with Crippen LogP contribution >= 0.6 is 0 Å². The predicted octanol–water partition coefficient (Wildman–Crippen LogP) is 3.80. The molecule has 1 aromatic carbocycles. The van der Waals surface area contributed by atoms with E-state index in [0.717, 1.165) is 12.8 Å². The SMILES string of the molecule is CC(=O)c1ccc(N(C)C2CCCCC2)c(F)c1. The Labute approximate surface area is 108 Å². The van der Waals surface area contributed by atoms with Gasteiger partial charge in [0, 0.05) is 18.7 Å². The molecule has 1 saturated carbocycles. The van der Waals surface area contributed by atoms with E-state index in [1.807, 2.05) is 11.9 Å². The van der Waals surface area contributed by atoms with Gasteiger partial charge in [0.2, 0.25) is 0 Å². The maximum Gasteiger partial charge on any atom is 0.159 e. The zero-order chi connectivity index (χ0) is 13.1. The summed E-state index contributed by atoms with van der Waals surface area (Å²) in [4.78, 5) is 13.2. The summed E-state index contributed by atoms with van der Waals surface area (Å²) < 4.78 is 14.0. The number of nitrogens with zero attached hydrogens (tertiary/aromatic N) is 1. The van der Waals surface area contributed by atoms with Crippen LogP contribution in [0.5, 0.6) is 0 Å². The number of rotatable bonds is 3. The zero-order valence-corrected chi connectivity index (χ0v) is 11.1. The van der Waals surface area contributed by atoms with Crippen molar-refractivity contribution in [2.75, 3.05) is 11.9 Å². The van der Waals surface area contributed by atoms with Crippen LogP contribution in [0.15, 0.2) is 18.2 Å². The summed E-state index contributed by atoms with van der Waals surface area (Å²) in [6.07, 6.45) is 6.00. The van der Waals surface area contributed by atoms with Crippen molar-refractivity contribution in [3.05, 3.63) is 29.6 Å². The van der Waals surface area contributed by atoms with Gasteiger partial charge in [-0.05, 0) is 38.0 Å². The minimum Gasteiger partial charge on any atom is -0.369 e. The molecule has 0 aliphatic heterocycles. The van der Waals surface area contributed by atoms with Crippen molar-refractivity contribution in [1.29, 1.82) is 0 Å². The molecule has 18 heavy (non-hydrogen) atoms. The Bertz CT molecular complexity index is 438. The number of carbonyl (C=O) groups excluding carboxylic acids is 1. The molecule has 0 bridgehead atoms. The van der Waals surface area contributed by atoms with Crippen LogP contribution in [-0.2, 0) is 0 Å². The van der Waals surface area contributed by atoms with E-state index in [1.165, 1.54) is 32.3 Å². The van der Waals surface area contributed by atoms with Crippen molar-refractivity contribution in [3.63, 3.8) is 0 Å². The van der Waals surface area contributed by atoms with Gasteiger partial charge in [0.15, 0.2) is 5.78 Å². The van der Waals surface area contributed by atoms with E-state index in [1.54, 1.807) is 12.1 Å². The van der Waals surface area contributed by atoms with Gasteiger partial charge in [0.05, 0.1) is 5.69 Å². The standard InChI is InChI=1S/C15H20FNO/c1-11(18)12-8-9-15(14(16)10-12)17(2)13-6-4-3-5-7-13/h8-10,13H,3-7H2,1-2H3. The van der Waals surface area contributed by atoms with Gasteiger partial charge >= 0.3 is 0 Å². The molecule has 0 radical (unpaired) electrons. The van der Waals surface area contributed by atoms with Crippen LogP contribution in [0, 0.1) is 5.82 Å². The number of benzene rings is 1. The maximum atomic E-state index is 14.0. The third-order valence-corrected chi connectivity index (χ3v) is 3.86. The number of hydrogen-bond donors (Lipinski definition) is 0. The van der Waals surface area contributed by atoms with Crippen LogP contribution in [0.25, 0.3) is 0 Å². The summed E-state index contributed by atoms with van der Waals surface area (Å²) in [5.74, 6) is -0.392. The highest BCUT2D eigenvalue weighted by molar-refractivity contribution is 5.94. The topological polar surface area (TPSA) is 20.3 Å². The van der Waals surface area contributed by atoms with Gasteiger partial charge in [-0.3, -0.25) is 4.79 Å². The van der Waals surface area contributed by atoms with Crippen LogP contribution in [0.4, 0.5) is 10.1 Å². The normalized spacial score (nSPS) is 16.6. The summed E-state index contributed by atoms with van der Waals surface area (Å²) in [7, 11) is 1.95. The van der Waals surface area contributed by atoms with Gasteiger partial charge in [0.25, 0.3) is 0 Å².